The second kappa shape index (κ2) is 8.08. The Hall–Kier alpha value is -3.13. The minimum Gasteiger partial charge on any atom is -0.370 e. The third kappa shape index (κ3) is 3.88. The number of tetrazole rings is 1. The van der Waals surface area contributed by atoms with Crippen LogP contribution < -0.4 is 0 Å². The van der Waals surface area contributed by atoms with Crippen molar-refractivity contribution in [2.45, 2.75) is 26.4 Å². The number of benzene rings is 2. The van der Waals surface area contributed by atoms with Gasteiger partial charge in [-0.1, -0.05) is 31.2 Å². The van der Waals surface area contributed by atoms with Gasteiger partial charge in [0.2, 0.25) is 0 Å². The number of carbonyl (C=O) groups is 1. The molecule has 1 unspecified atom stereocenters. The molecular formula is C21H22FN5O2. The molecule has 7 nitrogen and oxygen atoms in total. The van der Waals surface area contributed by atoms with Gasteiger partial charge < -0.3 is 9.64 Å². The zero-order valence-corrected chi connectivity index (χ0v) is 16.4. The van der Waals surface area contributed by atoms with Crippen LogP contribution in [0.2, 0.25) is 0 Å². The fourth-order valence-electron chi connectivity index (χ4n) is 3.45. The van der Waals surface area contributed by atoms with Crippen molar-refractivity contribution in [1.29, 1.82) is 0 Å². The average molecular weight is 395 g/mol. The van der Waals surface area contributed by atoms with Crippen LogP contribution in [-0.2, 0) is 11.2 Å². The number of aromatic nitrogens is 4. The first kappa shape index (κ1) is 19.2. The molecule has 1 amide bonds. The first-order chi connectivity index (χ1) is 14.1. The second-order valence-corrected chi connectivity index (χ2v) is 7.01. The topological polar surface area (TPSA) is 73.1 Å². The number of carbonyl (C=O) groups excluding carboxylic acids is 1. The van der Waals surface area contributed by atoms with Gasteiger partial charge in [-0.3, -0.25) is 4.79 Å². The molecular weight excluding hydrogens is 373 g/mol. The van der Waals surface area contributed by atoms with Crippen molar-refractivity contribution < 1.29 is 13.9 Å². The Morgan fingerprint density at radius 2 is 2.03 bits per heavy atom. The van der Waals surface area contributed by atoms with Crippen LogP contribution in [0.4, 0.5) is 4.39 Å². The zero-order chi connectivity index (χ0) is 20.4. The normalized spacial score (nSPS) is 16.8. The van der Waals surface area contributed by atoms with Gasteiger partial charge in [-0.05, 0) is 47.0 Å². The van der Waals surface area contributed by atoms with E-state index in [0.29, 0.717) is 31.2 Å². The summed E-state index contributed by atoms with van der Waals surface area (Å²) in [4.78, 5) is 14.6. The van der Waals surface area contributed by atoms with E-state index in [9.17, 15) is 9.18 Å². The molecule has 29 heavy (non-hydrogen) atoms. The number of hydrogen-bond donors (Lipinski definition) is 0. The molecule has 0 aliphatic carbocycles. The smallest absolute Gasteiger partial charge is 0.257 e. The van der Waals surface area contributed by atoms with E-state index in [1.807, 2.05) is 12.1 Å². The van der Waals surface area contributed by atoms with Crippen molar-refractivity contribution in [2.24, 2.45) is 0 Å². The van der Waals surface area contributed by atoms with Gasteiger partial charge in [0, 0.05) is 12.6 Å². The SMILES string of the molecule is CCc1ccc(C2CN(C(=O)c3ccc(-n4nnnc4C)cc3F)CCO2)cc1. The molecule has 2 aromatic carbocycles. The highest BCUT2D eigenvalue weighted by molar-refractivity contribution is 5.94. The van der Waals surface area contributed by atoms with E-state index >= 15 is 0 Å². The third-order valence-electron chi connectivity index (χ3n) is 5.17. The zero-order valence-electron chi connectivity index (χ0n) is 16.4. The van der Waals surface area contributed by atoms with Crippen molar-refractivity contribution in [3.8, 4) is 5.69 Å². The van der Waals surface area contributed by atoms with Crippen LogP contribution >= 0.6 is 0 Å². The van der Waals surface area contributed by atoms with Gasteiger partial charge >= 0.3 is 0 Å². The van der Waals surface area contributed by atoms with Crippen molar-refractivity contribution in [3.05, 3.63) is 70.8 Å². The number of nitrogens with zero attached hydrogens (tertiary/aromatic N) is 5. The van der Waals surface area contributed by atoms with Gasteiger partial charge in [0.15, 0.2) is 5.82 Å². The summed E-state index contributed by atoms with van der Waals surface area (Å²) in [6.45, 7) is 5.05. The van der Waals surface area contributed by atoms with Crippen LogP contribution in [-0.4, -0.2) is 50.7 Å². The molecule has 0 radical (unpaired) electrons. The maximum absolute atomic E-state index is 14.7. The number of halogens is 1. The highest BCUT2D eigenvalue weighted by atomic mass is 19.1. The molecule has 3 aromatic rings. The van der Waals surface area contributed by atoms with E-state index in [2.05, 4.69) is 34.6 Å². The van der Waals surface area contributed by atoms with Crippen molar-refractivity contribution in [2.75, 3.05) is 19.7 Å². The summed E-state index contributed by atoms with van der Waals surface area (Å²) in [5.41, 5.74) is 2.76. The van der Waals surface area contributed by atoms with Gasteiger partial charge in [0.05, 0.1) is 24.4 Å². The largest absolute Gasteiger partial charge is 0.370 e. The van der Waals surface area contributed by atoms with E-state index in [-0.39, 0.29) is 17.6 Å². The Balaban J connectivity index is 1.52. The Bertz CT molecular complexity index is 1020. The third-order valence-corrected chi connectivity index (χ3v) is 5.17. The minimum atomic E-state index is -0.599. The molecule has 0 bridgehead atoms. The summed E-state index contributed by atoms with van der Waals surface area (Å²) in [7, 11) is 0. The van der Waals surface area contributed by atoms with E-state index in [1.54, 1.807) is 17.9 Å². The number of rotatable bonds is 4. The van der Waals surface area contributed by atoms with E-state index in [1.165, 1.54) is 22.4 Å². The molecule has 0 N–H and O–H groups in total. The standard InChI is InChI=1S/C21H22FN5O2/c1-3-15-4-6-16(7-5-15)20-13-26(10-11-29-20)21(28)18-9-8-17(12-19(18)22)27-14(2)23-24-25-27/h4-9,12,20H,3,10-11,13H2,1-2H3. The molecule has 1 saturated heterocycles. The quantitative estimate of drug-likeness (QED) is 0.679. The van der Waals surface area contributed by atoms with Gasteiger partial charge in [-0.2, -0.15) is 4.68 Å². The van der Waals surface area contributed by atoms with Crippen LogP contribution in [0.1, 0.15) is 40.3 Å². The summed E-state index contributed by atoms with van der Waals surface area (Å²) in [6.07, 6.45) is 0.750. The molecule has 1 aliphatic rings. The molecule has 1 aliphatic heterocycles. The Labute approximate surface area is 168 Å². The van der Waals surface area contributed by atoms with Crippen molar-refractivity contribution in [3.63, 3.8) is 0 Å². The Morgan fingerprint density at radius 1 is 1.24 bits per heavy atom. The van der Waals surface area contributed by atoms with E-state index in [4.69, 9.17) is 4.74 Å². The first-order valence-corrected chi connectivity index (χ1v) is 9.61. The molecule has 8 heteroatoms. The number of morpholine rings is 1. The number of ether oxygens (including phenoxy) is 1. The highest BCUT2D eigenvalue weighted by Crippen LogP contribution is 2.25. The maximum atomic E-state index is 14.7. The number of aryl methyl sites for hydroxylation is 2. The van der Waals surface area contributed by atoms with Gasteiger partial charge in [-0.15, -0.1) is 5.10 Å². The van der Waals surface area contributed by atoms with Gasteiger partial charge in [0.25, 0.3) is 5.91 Å². The van der Waals surface area contributed by atoms with Crippen LogP contribution in [0.5, 0.6) is 0 Å². The lowest BCUT2D eigenvalue weighted by Crippen LogP contribution is -2.42. The summed E-state index contributed by atoms with van der Waals surface area (Å²) in [5.74, 6) is -0.410. The second-order valence-electron chi connectivity index (χ2n) is 7.01. The fourth-order valence-corrected chi connectivity index (χ4v) is 3.45. The van der Waals surface area contributed by atoms with Crippen molar-refractivity contribution in [1.82, 2.24) is 25.1 Å². The van der Waals surface area contributed by atoms with Gasteiger partial charge in [0.1, 0.15) is 11.9 Å². The highest BCUT2D eigenvalue weighted by Gasteiger charge is 2.27. The minimum absolute atomic E-state index is 0.0291. The molecule has 2 heterocycles. The summed E-state index contributed by atoms with van der Waals surface area (Å²) >= 11 is 0. The maximum Gasteiger partial charge on any atom is 0.257 e. The monoisotopic (exact) mass is 395 g/mol. The van der Waals surface area contributed by atoms with Crippen LogP contribution in [0.25, 0.3) is 5.69 Å². The summed E-state index contributed by atoms with van der Waals surface area (Å²) in [5, 5.41) is 11.2. The lowest BCUT2D eigenvalue weighted by atomic mass is 10.0. The number of amides is 1. The lowest BCUT2D eigenvalue weighted by Gasteiger charge is -2.33. The van der Waals surface area contributed by atoms with E-state index < -0.39 is 5.82 Å². The van der Waals surface area contributed by atoms with E-state index in [0.717, 1.165) is 12.0 Å². The fraction of sp³-hybridized carbons (Fsp3) is 0.333. The molecule has 1 fully saturated rings. The predicted octanol–water partition coefficient (Wildman–Crippen LogP) is 2.89. The average Bonchev–Trinajstić information content (AvgIpc) is 3.19. The predicted molar refractivity (Wildman–Crippen MR) is 104 cm³/mol. The number of hydrogen-bond acceptors (Lipinski definition) is 5. The molecule has 150 valence electrons. The first-order valence-electron chi connectivity index (χ1n) is 9.61. The Kier molecular flexibility index (Phi) is 5.35. The summed E-state index contributed by atoms with van der Waals surface area (Å²) in [6, 6.07) is 12.6. The summed E-state index contributed by atoms with van der Waals surface area (Å²) < 4.78 is 22.0. The van der Waals surface area contributed by atoms with Crippen LogP contribution in [0, 0.1) is 12.7 Å². The Morgan fingerprint density at radius 3 is 2.69 bits per heavy atom. The van der Waals surface area contributed by atoms with Gasteiger partial charge in [-0.25, -0.2) is 4.39 Å². The van der Waals surface area contributed by atoms with Crippen molar-refractivity contribution >= 4 is 5.91 Å². The molecule has 1 atom stereocenters. The lowest BCUT2D eigenvalue weighted by molar-refractivity contribution is -0.0229. The van der Waals surface area contributed by atoms with Crippen LogP contribution in [0.15, 0.2) is 42.5 Å². The molecule has 1 aromatic heterocycles. The molecule has 0 saturated carbocycles. The van der Waals surface area contributed by atoms with Crippen LogP contribution in [0.3, 0.4) is 0 Å². The molecule has 4 rings (SSSR count). The molecule has 0 spiro atoms.